The van der Waals surface area contributed by atoms with Crippen LogP contribution in [-0.2, 0) is 0 Å². The first-order chi connectivity index (χ1) is 11.1. The number of nitrogens with zero attached hydrogens (tertiary/aromatic N) is 3. The SMILES string of the molecule is Cc1cccc(N2CCN(C(=O)c3cccc[n+]3[O-])CC2)c1C. The van der Waals surface area contributed by atoms with E-state index in [1.165, 1.54) is 23.0 Å². The molecule has 3 rings (SSSR count). The summed E-state index contributed by atoms with van der Waals surface area (Å²) in [6.07, 6.45) is 1.36. The summed E-state index contributed by atoms with van der Waals surface area (Å²) in [4.78, 5) is 16.5. The lowest BCUT2D eigenvalue weighted by Crippen LogP contribution is -2.51. The van der Waals surface area contributed by atoms with Crippen molar-refractivity contribution in [2.24, 2.45) is 0 Å². The standard InChI is InChI=1S/C18H21N3O2/c1-14-6-5-8-16(15(14)2)19-10-12-20(13-11-19)18(22)17-7-3-4-9-21(17)23/h3-9H,10-13H2,1-2H3. The van der Waals surface area contributed by atoms with Gasteiger partial charge in [0.05, 0.1) is 0 Å². The molecular weight excluding hydrogens is 290 g/mol. The van der Waals surface area contributed by atoms with Gasteiger partial charge in [-0.2, -0.15) is 4.73 Å². The molecule has 0 bridgehead atoms. The number of piperazine rings is 1. The van der Waals surface area contributed by atoms with Gasteiger partial charge in [-0.1, -0.05) is 12.1 Å². The normalized spacial score (nSPS) is 14.9. The molecule has 120 valence electrons. The summed E-state index contributed by atoms with van der Waals surface area (Å²) in [7, 11) is 0. The molecule has 0 aliphatic carbocycles. The highest BCUT2D eigenvalue weighted by Gasteiger charge is 2.27. The Morgan fingerprint density at radius 3 is 2.48 bits per heavy atom. The van der Waals surface area contributed by atoms with Crippen molar-refractivity contribution in [3.8, 4) is 0 Å². The third kappa shape index (κ3) is 2.99. The van der Waals surface area contributed by atoms with Crippen LogP contribution in [0.2, 0.25) is 0 Å². The van der Waals surface area contributed by atoms with Crippen LogP contribution >= 0.6 is 0 Å². The number of carbonyl (C=O) groups excluding carboxylic acids is 1. The van der Waals surface area contributed by atoms with Crippen LogP contribution < -0.4 is 9.63 Å². The molecule has 1 aromatic carbocycles. The summed E-state index contributed by atoms with van der Waals surface area (Å²) in [5.74, 6) is -0.193. The number of pyridine rings is 1. The predicted octanol–water partition coefficient (Wildman–Crippen LogP) is 1.90. The summed E-state index contributed by atoms with van der Waals surface area (Å²) in [6.45, 7) is 7.05. The molecule has 1 saturated heterocycles. The van der Waals surface area contributed by atoms with Crippen molar-refractivity contribution >= 4 is 11.6 Å². The summed E-state index contributed by atoms with van der Waals surface area (Å²) >= 11 is 0. The lowest BCUT2D eigenvalue weighted by Gasteiger charge is -2.36. The summed E-state index contributed by atoms with van der Waals surface area (Å²) in [5.41, 5.74) is 3.98. The fourth-order valence-corrected chi connectivity index (χ4v) is 2.98. The minimum Gasteiger partial charge on any atom is -0.618 e. The van der Waals surface area contributed by atoms with E-state index in [0.717, 1.165) is 13.1 Å². The van der Waals surface area contributed by atoms with Crippen molar-refractivity contribution in [3.63, 3.8) is 0 Å². The van der Waals surface area contributed by atoms with E-state index in [1.807, 2.05) is 0 Å². The fourth-order valence-electron chi connectivity index (χ4n) is 2.98. The largest absolute Gasteiger partial charge is 0.618 e. The Hall–Kier alpha value is -2.56. The first-order valence-electron chi connectivity index (χ1n) is 7.86. The van der Waals surface area contributed by atoms with Crippen LogP contribution in [0, 0.1) is 19.1 Å². The van der Waals surface area contributed by atoms with E-state index in [-0.39, 0.29) is 11.6 Å². The molecule has 23 heavy (non-hydrogen) atoms. The molecule has 1 aromatic heterocycles. The van der Waals surface area contributed by atoms with E-state index in [0.29, 0.717) is 17.8 Å². The maximum absolute atomic E-state index is 12.5. The average Bonchev–Trinajstić information content (AvgIpc) is 2.57. The first-order valence-corrected chi connectivity index (χ1v) is 7.86. The number of benzene rings is 1. The molecule has 2 aromatic rings. The number of hydrogen-bond acceptors (Lipinski definition) is 3. The second-order valence-corrected chi connectivity index (χ2v) is 5.91. The number of amides is 1. The maximum atomic E-state index is 12.5. The van der Waals surface area contributed by atoms with Crippen LogP contribution in [0.5, 0.6) is 0 Å². The molecule has 2 heterocycles. The molecule has 1 aliphatic heterocycles. The van der Waals surface area contributed by atoms with Crippen LogP contribution in [0.25, 0.3) is 0 Å². The first kappa shape index (κ1) is 15.3. The summed E-state index contributed by atoms with van der Waals surface area (Å²) in [6, 6.07) is 11.2. The van der Waals surface area contributed by atoms with E-state index >= 15 is 0 Å². The van der Waals surface area contributed by atoms with Crippen molar-refractivity contribution in [3.05, 3.63) is 64.6 Å². The summed E-state index contributed by atoms with van der Waals surface area (Å²) < 4.78 is 0.638. The molecule has 0 atom stereocenters. The van der Waals surface area contributed by atoms with Crippen molar-refractivity contribution in [2.75, 3.05) is 31.1 Å². The Morgan fingerprint density at radius 1 is 1.04 bits per heavy atom. The van der Waals surface area contributed by atoms with Gasteiger partial charge < -0.3 is 15.0 Å². The molecule has 0 saturated carbocycles. The molecule has 1 aliphatic rings. The Labute approximate surface area is 136 Å². The monoisotopic (exact) mass is 311 g/mol. The molecule has 0 N–H and O–H groups in total. The van der Waals surface area contributed by atoms with Gasteiger partial charge in [0.2, 0.25) is 0 Å². The lowest BCUT2D eigenvalue weighted by molar-refractivity contribution is -0.608. The number of aromatic nitrogens is 1. The zero-order chi connectivity index (χ0) is 16.4. The number of rotatable bonds is 2. The molecule has 5 nitrogen and oxygen atoms in total. The molecule has 5 heteroatoms. The Bertz CT molecular complexity index is 722. The minimum absolute atomic E-state index is 0.188. The topological polar surface area (TPSA) is 50.5 Å². The maximum Gasteiger partial charge on any atom is 0.320 e. The highest BCUT2D eigenvalue weighted by atomic mass is 16.5. The van der Waals surface area contributed by atoms with Crippen LogP contribution in [0.3, 0.4) is 0 Å². The van der Waals surface area contributed by atoms with Crippen LogP contribution in [-0.4, -0.2) is 37.0 Å². The van der Waals surface area contributed by atoms with Gasteiger partial charge in [-0.3, -0.25) is 4.79 Å². The average molecular weight is 311 g/mol. The molecule has 0 unspecified atom stereocenters. The molecular formula is C18H21N3O2. The van der Waals surface area contributed by atoms with E-state index in [2.05, 4.69) is 36.9 Å². The summed E-state index contributed by atoms with van der Waals surface area (Å²) in [5, 5.41) is 11.7. The molecule has 0 spiro atoms. The Balaban J connectivity index is 1.70. The highest BCUT2D eigenvalue weighted by Crippen LogP contribution is 2.24. The zero-order valence-electron chi connectivity index (χ0n) is 13.5. The van der Waals surface area contributed by atoms with Gasteiger partial charge in [-0.15, -0.1) is 0 Å². The van der Waals surface area contributed by atoms with Gasteiger partial charge in [0.1, 0.15) is 0 Å². The van der Waals surface area contributed by atoms with Gasteiger partial charge in [0.25, 0.3) is 5.69 Å². The number of carbonyl (C=O) groups is 1. The van der Waals surface area contributed by atoms with E-state index < -0.39 is 0 Å². The quantitative estimate of drug-likeness (QED) is 0.629. The third-order valence-electron chi connectivity index (χ3n) is 4.53. The van der Waals surface area contributed by atoms with Gasteiger partial charge in [0, 0.05) is 44.0 Å². The van der Waals surface area contributed by atoms with Crippen molar-refractivity contribution in [1.29, 1.82) is 0 Å². The zero-order valence-corrected chi connectivity index (χ0v) is 13.5. The smallest absolute Gasteiger partial charge is 0.320 e. The minimum atomic E-state index is -0.193. The van der Waals surface area contributed by atoms with Crippen molar-refractivity contribution in [2.45, 2.75) is 13.8 Å². The van der Waals surface area contributed by atoms with E-state index in [4.69, 9.17) is 0 Å². The van der Waals surface area contributed by atoms with Crippen LogP contribution in [0.1, 0.15) is 21.6 Å². The Morgan fingerprint density at radius 2 is 1.78 bits per heavy atom. The molecule has 0 radical (unpaired) electrons. The van der Waals surface area contributed by atoms with Crippen molar-refractivity contribution < 1.29 is 9.52 Å². The van der Waals surface area contributed by atoms with Gasteiger partial charge in [0.15, 0.2) is 6.20 Å². The highest BCUT2D eigenvalue weighted by molar-refractivity contribution is 5.91. The number of aryl methyl sites for hydroxylation is 1. The van der Waals surface area contributed by atoms with E-state index in [9.17, 15) is 10.0 Å². The van der Waals surface area contributed by atoms with Gasteiger partial charge >= 0.3 is 5.91 Å². The number of hydrogen-bond donors (Lipinski definition) is 0. The Kier molecular flexibility index (Phi) is 4.19. The lowest BCUT2D eigenvalue weighted by atomic mass is 10.1. The molecule has 1 amide bonds. The van der Waals surface area contributed by atoms with Gasteiger partial charge in [-0.25, -0.2) is 0 Å². The second-order valence-electron chi connectivity index (χ2n) is 5.91. The fraction of sp³-hybridized carbons (Fsp3) is 0.333. The third-order valence-corrected chi connectivity index (χ3v) is 4.53. The molecule has 1 fully saturated rings. The van der Waals surface area contributed by atoms with Crippen LogP contribution in [0.15, 0.2) is 42.6 Å². The van der Waals surface area contributed by atoms with E-state index in [1.54, 1.807) is 23.1 Å². The number of anilines is 1. The van der Waals surface area contributed by atoms with Gasteiger partial charge in [-0.05, 0) is 37.1 Å². The predicted molar refractivity (Wildman–Crippen MR) is 89.4 cm³/mol. The van der Waals surface area contributed by atoms with Crippen LogP contribution in [0.4, 0.5) is 5.69 Å². The second kappa shape index (κ2) is 6.28. The van der Waals surface area contributed by atoms with Crippen molar-refractivity contribution in [1.82, 2.24) is 4.90 Å².